The number of carbonyl (C=O) groups is 1. The second-order valence-electron chi connectivity index (χ2n) is 5.61. The van der Waals surface area contributed by atoms with E-state index in [1.54, 1.807) is 12.1 Å². The molecular formula is C14H17FO2. The molecule has 17 heavy (non-hydrogen) atoms. The van der Waals surface area contributed by atoms with Crippen LogP contribution < -0.4 is 0 Å². The highest BCUT2D eigenvalue weighted by atomic mass is 19.1. The lowest BCUT2D eigenvalue weighted by Gasteiger charge is -2.24. The van der Waals surface area contributed by atoms with Gasteiger partial charge in [-0.15, -0.1) is 0 Å². The van der Waals surface area contributed by atoms with Crippen LogP contribution in [0, 0.1) is 16.6 Å². The Morgan fingerprint density at radius 3 is 2.18 bits per heavy atom. The van der Waals surface area contributed by atoms with E-state index in [0.29, 0.717) is 6.42 Å². The monoisotopic (exact) mass is 236 g/mol. The molecule has 1 aliphatic rings. The Morgan fingerprint density at radius 1 is 1.35 bits per heavy atom. The fourth-order valence-corrected chi connectivity index (χ4v) is 2.98. The first-order chi connectivity index (χ1) is 7.81. The third-order valence-corrected chi connectivity index (χ3v) is 4.29. The van der Waals surface area contributed by atoms with Gasteiger partial charge in [0.25, 0.3) is 0 Å². The predicted molar refractivity (Wildman–Crippen MR) is 63.3 cm³/mol. The van der Waals surface area contributed by atoms with Gasteiger partial charge in [-0.25, -0.2) is 4.39 Å². The summed E-state index contributed by atoms with van der Waals surface area (Å²) in [7, 11) is 0. The van der Waals surface area contributed by atoms with Crippen molar-refractivity contribution in [2.45, 2.75) is 33.1 Å². The normalized spacial score (nSPS) is 27.5. The van der Waals surface area contributed by atoms with E-state index in [9.17, 15) is 14.3 Å². The van der Waals surface area contributed by atoms with Crippen molar-refractivity contribution in [2.75, 3.05) is 0 Å². The Bertz CT molecular complexity index is 450. The molecule has 2 nitrogen and oxygen atoms in total. The number of aliphatic carboxylic acids is 1. The minimum absolute atomic E-state index is 0.101. The smallest absolute Gasteiger partial charge is 0.310 e. The van der Waals surface area contributed by atoms with Gasteiger partial charge in [0.05, 0.1) is 5.41 Å². The fourth-order valence-electron chi connectivity index (χ4n) is 2.98. The Morgan fingerprint density at radius 2 is 1.82 bits per heavy atom. The Labute approximate surface area is 100 Å². The molecule has 1 aromatic rings. The molecule has 3 heteroatoms. The van der Waals surface area contributed by atoms with Crippen molar-refractivity contribution in [3.05, 3.63) is 35.6 Å². The quantitative estimate of drug-likeness (QED) is 0.873. The summed E-state index contributed by atoms with van der Waals surface area (Å²) < 4.78 is 12.9. The zero-order valence-electron chi connectivity index (χ0n) is 10.3. The van der Waals surface area contributed by atoms with Gasteiger partial charge in [0.1, 0.15) is 5.82 Å². The van der Waals surface area contributed by atoms with E-state index in [2.05, 4.69) is 0 Å². The molecule has 1 aromatic carbocycles. The van der Waals surface area contributed by atoms with Crippen LogP contribution in [-0.2, 0) is 4.79 Å². The van der Waals surface area contributed by atoms with Crippen LogP contribution in [-0.4, -0.2) is 11.1 Å². The van der Waals surface area contributed by atoms with Gasteiger partial charge in [0, 0.05) is 0 Å². The zero-order chi connectivity index (χ0) is 12.8. The molecule has 0 aliphatic heterocycles. The molecule has 0 amide bonds. The molecule has 0 bridgehead atoms. The van der Waals surface area contributed by atoms with Crippen molar-refractivity contribution in [2.24, 2.45) is 10.8 Å². The Hall–Kier alpha value is -1.38. The summed E-state index contributed by atoms with van der Waals surface area (Å²) in [6, 6.07) is 6.13. The number of hydrogen-bond donors (Lipinski definition) is 1. The summed E-state index contributed by atoms with van der Waals surface area (Å²) in [4.78, 5) is 11.5. The molecule has 2 rings (SSSR count). The first kappa shape index (κ1) is 12.1. The standard InChI is InChI=1S/C14H17FO2/c1-9(10-4-6-11(15)7-5-10)14(12(16)17)8-13(14,2)3/h4-7,9H,8H2,1-3H3,(H,16,17). The number of halogens is 1. The highest BCUT2D eigenvalue weighted by molar-refractivity contribution is 5.81. The summed E-state index contributed by atoms with van der Waals surface area (Å²) in [5.74, 6) is -1.14. The lowest BCUT2D eigenvalue weighted by atomic mass is 9.79. The van der Waals surface area contributed by atoms with Crippen LogP contribution >= 0.6 is 0 Å². The van der Waals surface area contributed by atoms with Crippen molar-refractivity contribution in [1.29, 1.82) is 0 Å². The van der Waals surface area contributed by atoms with Gasteiger partial charge in [0.15, 0.2) is 0 Å². The molecule has 1 fully saturated rings. The fraction of sp³-hybridized carbons (Fsp3) is 0.500. The maximum atomic E-state index is 12.9. The highest BCUT2D eigenvalue weighted by Gasteiger charge is 2.69. The topological polar surface area (TPSA) is 37.3 Å². The average molecular weight is 236 g/mol. The molecule has 0 heterocycles. The highest BCUT2D eigenvalue weighted by Crippen LogP contribution is 2.69. The lowest BCUT2D eigenvalue weighted by Crippen LogP contribution is -2.27. The van der Waals surface area contributed by atoms with Gasteiger partial charge in [-0.05, 0) is 35.4 Å². The van der Waals surface area contributed by atoms with Crippen LogP contribution in [0.5, 0.6) is 0 Å². The Kier molecular flexibility index (Phi) is 2.53. The number of carboxylic acids is 1. The van der Waals surface area contributed by atoms with Crippen molar-refractivity contribution in [1.82, 2.24) is 0 Å². The number of carboxylic acid groups (broad SMARTS) is 1. The van der Waals surface area contributed by atoms with Crippen LogP contribution in [0.1, 0.15) is 38.7 Å². The van der Waals surface area contributed by atoms with Crippen LogP contribution in [0.3, 0.4) is 0 Å². The maximum Gasteiger partial charge on any atom is 0.310 e. The second-order valence-corrected chi connectivity index (χ2v) is 5.61. The molecule has 0 spiro atoms. The third-order valence-electron chi connectivity index (χ3n) is 4.29. The zero-order valence-corrected chi connectivity index (χ0v) is 10.3. The third kappa shape index (κ3) is 1.65. The van der Waals surface area contributed by atoms with E-state index in [0.717, 1.165) is 5.56 Å². The van der Waals surface area contributed by atoms with E-state index in [-0.39, 0.29) is 17.2 Å². The molecule has 1 aliphatic carbocycles. The molecular weight excluding hydrogens is 219 g/mol. The minimum atomic E-state index is -0.751. The summed E-state index contributed by atoms with van der Waals surface area (Å²) in [5.41, 5.74) is -0.00309. The van der Waals surface area contributed by atoms with E-state index in [1.807, 2.05) is 20.8 Å². The molecule has 92 valence electrons. The molecule has 2 unspecified atom stereocenters. The summed E-state index contributed by atoms with van der Waals surface area (Å²) in [6.07, 6.45) is 0.674. The van der Waals surface area contributed by atoms with Crippen LogP contribution in [0.4, 0.5) is 4.39 Å². The van der Waals surface area contributed by atoms with Crippen molar-refractivity contribution >= 4 is 5.97 Å². The van der Waals surface area contributed by atoms with E-state index in [1.165, 1.54) is 12.1 Å². The summed E-state index contributed by atoms with van der Waals surface area (Å²) in [6.45, 7) is 5.86. The Balaban J connectivity index is 2.34. The molecule has 2 atom stereocenters. The first-order valence-corrected chi connectivity index (χ1v) is 5.80. The number of rotatable bonds is 3. The van der Waals surface area contributed by atoms with Crippen molar-refractivity contribution < 1.29 is 14.3 Å². The first-order valence-electron chi connectivity index (χ1n) is 5.80. The van der Waals surface area contributed by atoms with Gasteiger partial charge in [-0.2, -0.15) is 0 Å². The van der Waals surface area contributed by atoms with Gasteiger partial charge in [-0.1, -0.05) is 32.9 Å². The number of benzene rings is 1. The van der Waals surface area contributed by atoms with E-state index in [4.69, 9.17) is 0 Å². The average Bonchev–Trinajstić information content (AvgIpc) is 2.83. The van der Waals surface area contributed by atoms with Crippen molar-refractivity contribution in [3.8, 4) is 0 Å². The maximum absolute atomic E-state index is 12.9. The van der Waals surface area contributed by atoms with Gasteiger partial charge in [-0.3, -0.25) is 4.79 Å². The second kappa shape index (κ2) is 3.56. The van der Waals surface area contributed by atoms with Crippen molar-refractivity contribution in [3.63, 3.8) is 0 Å². The number of hydrogen-bond acceptors (Lipinski definition) is 1. The van der Waals surface area contributed by atoms with Crippen LogP contribution in [0.25, 0.3) is 0 Å². The lowest BCUT2D eigenvalue weighted by molar-refractivity contribution is -0.145. The molecule has 1 N–H and O–H groups in total. The molecule has 1 saturated carbocycles. The van der Waals surface area contributed by atoms with E-state index < -0.39 is 11.4 Å². The van der Waals surface area contributed by atoms with Gasteiger partial charge < -0.3 is 5.11 Å². The predicted octanol–water partition coefficient (Wildman–Crippen LogP) is 3.43. The van der Waals surface area contributed by atoms with Crippen LogP contribution in [0.15, 0.2) is 24.3 Å². The largest absolute Gasteiger partial charge is 0.481 e. The van der Waals surface area contributed by atoms with Crippen LogP contribution in [0.2, 0.25) is 0 Å². The van der Waals surface area contributed by atoms with Gasteiger partial charge >= 0.3 is 5.97 Å². The SMILES string of the molecule is CC(c1ccc(F)cc1)C1(C(=O)O)CC1(C)C. The summed E-state index contributed by atoms with van der Waals surface area (Å²) in [5, 5.41) is 9.45. The van der Waals surface area contributed by atoms with E-state index >= 15 is 0 Å². The minimum Gasteiger partial charge on any atom is -0.481 e. The van der Waals surface area contributed by atoms with Gasteiger partial charge in [0.2, 0.25) is 0 Å². The molecule has 0 aromatic heterocycles. The molecule has 0 radical (unpaired) electrons. The molecule has 0 saturated heterocycles. The summed E-state index contributed by atoms with van der Waals surface area (Å²) >= 11 is 0.